The molecule has 0 saturated carbocycles. The SMILES string of the molecule is C[C@@](O)(CS(=O)(=O)c1ccc(Br)cc1)C(=O)Nc1ccc(Cl)cc1. The van der Waals surface area contributed by atoms with Crippen LogP contribution in [0.5, 0.6) is 0 Å². The van der Waals surface area contributed by atoms with Gasteiger partial charge in [0, 0.05) is 15.2 Å². The first-order chi connectivity index (χ1) is 11.1. The Morgan fingerprint density at radius 2 is 1.71 bits per heavy atom. The Morgan fingerprint density at radius 3 is 2.25 bits per heavy atom. The molecule has 0 aliphatic rings. The van der Waals surface area contributed by atoms with Gasteiger partial charge in [0.05, 0.1) is 10.6 Å². The molecule has 0 fully saturated rings. The van der Waals surface area contributed by atoms with Crippen molar-refractivity contribution >= 4 is 49.0 Å². The number of halogens is 2. The molecule has 5 nitrogen and oxygen atoms in total. The van der Waals surface area contributed by atoms with E-state index in [0.717, 1.165) is 11.4 Å². The van der Waals surface area contributed by atoms with Gasteiger partial charge in [0.25, 0.3) is 5.91 Å². The molecule has 0 radical (unpaired) electrons. The van der Waals surface area contributed by atoms with Gasteiger partial charge in [-0.1, -0.05) is 27.5 Å². The summed E-state index contributed by atoms with van der Waals surface area (Å²) in [6.07, 6.45) is 0. The topological polar surface area (TPSA) is 83.5 Å². The lowest BCUT2D eigenvalue weighted by Gasteiger charge is -2.22. The highest BCUT2D eigenvalue weighted by molar-refractivity contribution is 9.10. The lowest BCUT2D eigenvalue weighted by atomic mass is 10.1. The number of carbonyl (C=O) groups excluding carboxylic acids is 1. The van der Waals surface area contributed by atoms with Crippen LogP contribution in [-0.2, 0) is 14.6 Å². The molecule has 1 amide bonds. The quantitative estimate of drug-likeness (QED) is 0.759. The lowest BCUT2D eigenvalue weighted by molar-refractivity contribution is -0.130. The van der Waals surface area contributed by atoms with Crippen molar-refractivity contribution in [2.24, 2.45) is 0 Å². The zero-order valence-electron chi connectivity index (χ0n) is 12.7. The van der Waals surface area contributed by atoms with E-state index >= 15 is 0 Å². The average molecular weight is 433 g/mol. The second kappa shape index (κ2) is 7.23. The van der Waals surface area contributed by atoms with E-state index < -0.39 is 27.1 Å². The molecule has 0 heterocycles. The van der Waals surface area contributed by atoms with Crippen LogP contribution in [0, 0.1) is 0 Å². The van der Waals surface area contributed by atoms with Gasteiger partial charge in [0.15, 0.2) is 15.4 Å². The van der Waals surface area contributed by atoms with Gasteiger partial charge in [0.2, 0.25) is 0 Å². The number of amides is 1. The minimum absolute atomic E-state index is 0.0327. The molecule has 0 bridgehead atoms. The third-order valence-electron chi connectivity index (χ3n) is 3.24. The fourth-order valence-electron chi connectivity index (χ4n) is 1.96. The summed E-state index contributed by atoms with van der Waals surface area (Å²) in [4.78, 5) is 12.2. The second-order valence-electron chi connectivity index (χ2n) is 5.45. The van der Waals surface area contributed by atoms with Crippen LogP contribution in [0.2, 0.25) is 5.02 Å². The average Bonchev–Trinajstić information content (AvgIpc) is 2.49. The molecule has 24 heavy (non-hydrogen) atoms. The number of benzene rings is 2. The number of rotatable bonds is 5. The highest BCUT2D eigenvalue weighted by atomic mass is 79.9. The van der Waals surface area contributed by atoms with Crippen molar-refractivity contribution in [2.45, 2.75) is 17.4 Å². The first kappa shape index (κ1) is 18.9. The summed E-state index contributed by atoms with van der Waals surface area (Å²) in [5.41, 5.74) is -1.68. The Bertz CT molecular complexity index is 833. The lowest BCUT2D eigenvalue weighted by Crippen LogP contribution is -2.45. The summed E-state index contributed by atoms with van der Waals surface area (Å²) >= 11 is 8.98. The van der Waals surface area contributed by atoms with Crippen LogP contribution in [-0.4, -0.2) is 30.8 Å². The summed E-state index contributed by atoms with van der Waals surface area (Å²) in [6, 6.07) is 12.2. The van der Waals surface area contributed by atoms with Crippen LogP contribution >= 0.6 is 27.5 Å². The molecule has 0 aromatic heterocycles. The molecule has 0 spiro atoms. The highest BCUT2D eigenvalue weighted by Gasteiger charge is 2.36. The molecule has 0 aliphatic carbocycles. The van der Waals surface area contributed by atoms with Crippen LogP contribution in [0.15, 0.2) is 57.9 Å². The van der Waals surface area contributed by atoms with Gasteiger partial charge in [-0.25, -0.2) is 8.42 Å². The van der Waals surface area contributed by atoms with Crippen molar-refractivity contribution in [1.29, 1.82) is 0 Å². The summed E-state index contributed by atoms with van der Waals surface area (Å²) in [5.74, 6) is -1.55. The molecule has 2 rings (SSSR count). The smallest absolute Gasteiger partial charge is 0.257 e. The minimum Gasteiger partial charge on any atom is -0.379 e. The van der Waals surface area contributed by atoms with Gasteiger partial charge in [-0.3, -0.25) is 4.79 Å². The van der Waals surface area contributed by atoms with Gasteiger partial charge >= 0.3 is 0 Å². The standard InChI is InChI=1S/C16H15BrClNO4S/c1-16(21,15(20)19-13-6-4-12(18)5-7-13)10-24(22,23)14-8-2-11(17)3-9-14/h2-9,21H,10H2,1H3,(H,19,20)/t16-/m1/s1. The first-order valence-electron chi connectivity index (χ1n) is 6.88. The molecule has 2 aromatic carbocycles. The van der Waals surface area contributed by atoms with Gasteiger partial charge in [0.1, 0.15) is 0 Å². The van der Waals surface area contributed by atoms with Crippen LogP contribution in [0.1, 0.15) is 6.92 Å². The zero-order chi connectivity index (χ0) is 18.0. The normalized spacial score (nSPS) is 14.0. The molecule has 8 heteroatoms. The number of anilines is 1. The van der Waals surface area contributed by atoms with Gasteiger partial charge in [-0.2, -0.15) is 0 Å². The Balaban J connectivity index is 2.15. The number of aliphatic hydroxyl groups is 1. The van der Waals surface area contributed by atoms with Crippen molar-refractivity contribution in [3.8, 4) is 0 Å². The van der Waals surface area contributed by atoms with E-state index in [1.807, 2.05) is 0 Å². The van der Waals surface area contributed by atoms with E-state index in [-0.39, 0.29) is 4.90 Å². The largest absolute Gasteiger partial charge is 0.379 e. The summed E-state index contributed by atoms with van der Waals surface area (Å²) in [7, 11) is -3.83. The number of carbonyl (C=O) groups is 1. The third-order valence-corrected chi connectivity index (χ3v) is 5.95. The van der Waals surface area contributed by atoms with E-state index in [0.29, 0.717) is 10.7 Å². The number of nitrogens with one attached hydrogen (secondary N) is 1. The predicted octanol–water partition coefficient (Wildman–Crippen LogP) is 3.27. The fourth-order valence-corrected chi connectivity index (χ4v) is 3.94. The van der Waals surface area contributed by atoms with E-state index in [2.05, 4.69) is 21.2 Å². The van der Waals surface area contributed by atoms with Crippen molar-refractivity contribution in [3.05, 3.63) is 58.0 Å². The molecule has 0 aliphatic heterocycles. The molecule has 0 unspecified atom stereocenters. The predicted molar refractivity (Wildman–Crippen MR) is 96.9 cm³/mol. The molecule has 1 atom stereocenters. The van der Waals surface area contributed by atoms with Crippen molar-refractivity contribution < 1.29 is 18.3 Å². The molecule has 128 valence electrons. The Labute approximate surface area is 153 Å². The van der Waals surface area contributed by atoms with E-state index in [9.17, 15) is 18.3 Å². The maximum atomic E-state index is 12.4. The maximum Gasteiger partial charge on any atom is 0.257 e. The van der Waals surface area contributed by atoms with E-state index in [1.54, 1.807) is 36.4 Å². The number of hydrogen-bond acceptors (Lipinski definition) is 4. The maximum absolute atomic E-state index is 12.4. The van der Waals surface area contributed by atoms with Crippen molar-refractivity contribution in [3.63, 3.8) is 0 Å². The monoisotopic (exact) mass is 431 g/mol. The Morgan fingerprint density at radius 1 is 1.17 bits per heavy atom. The first-order valence-corrected chi connectivity index (χ1v) is 9.70. The summed E-state index contributed by atoms with van der Waals surface area (Å²) in [6.45, 7) is 1.16. The highest BCUT2D eigenvalue weighted by Crippen LogP contribution is 2.21. The third kappa shape index (κ3) is 4.80. The van der Waals surface area contributed by atoms with E-state index in [1.165, 1.54) is 12.1 Å². The van der Waals surface area contributed by atoms with Gasteiger partial charge in [-0.05, 0) is 55.5 Å². The van der Waals surface area contributed by atoms with Gasteiger partial charge < -0.3 is 10.4 Å². The van der Waals surface area contributed by atoms with Crippen molar-refractivity contribution in [2.75, 3.05) is 11.1 Å². The van der Waals surface area contributed by atoms with Crippen molar-refractivity contribution in [1.82, 2.24) is 0 Å². The van der Waals surface area contributed by atoms with Crippen LogP contribution in [0.3, 0.4) is 0 Å². The Kier molecular flexibility index (Phi) is 5.70. The van der Waals surface area contributed by atoms with Crippen LogP contribution in [0.4, 0.5) is 5.69 Å². The van der Waals surface area contributed by atoms with Crippen LogP contribution in [0.25, 0.3) is 0 Å². The fraction of sp³-hybridized carbons (Fsp3) is 0.188. The summed E-state index contributed by atoms with van der Waals surface area (Å²) < 4.78 is 25.5. The molecule has 2 N–H and O–H groups in total. The second-order valence-corrected chi connectivity index (χ2v) is 8.79. The number of hydrogen-bond donors (Lipinski definition) is 2. The van der Waals surface area contributed by atoms with Crippen LogP contribution < -0.4 is 5.32 Å². The zero-order valence-corrected chi connectivity index (χ0v) is 15.8. The molecule has 0 saturated heterocycles. The summed E-state index contributed by atoms with van der Waals surface area (Å²) in [5, 5.41) is 13.3. The Hall–Kier alpha value is -1.41. The molecule has 2 aromatic rings. The molecular formula is C16H15BrClNO4S. The minimum atomic E-state index is -3.83. The van der Waals surface area contributed by atoms with E-state index in [4.69, 9.17) is 11.6 Å². The number of sulfone groups is 1. The van der Waals surface area contributed by atoms with Gasteiger partial charge in [-0.15, -0.1) is 0 Å². The molecular weight excluding hydrogens is 418 g/mol.